The van der Waals surface area contributed by atoms with Gasteiger partial charge in [0.05, 0.1) is 31.5 Å². The van der Waals surface area contributed by atoms with Crippen molar-refractivity contribution in [3.63, 3.8) is 0 Å². The van der Waals surface area contributed by atoms with Crippen LogP contribution < -0.4 is 21.3 Å². The van der Waals surface area contributed by atoms with Crippen molar-refractivity contribution in [2.75, 3.05) is 82.1 Å². The summed E-state index contributed by atoms with van der Waals surface area (Å²) in [6.45, 7) is 4.83. The third-order valence-corrected chi connectivity index (χ3v) is 23.1. The first kappa shape index (κ1) is 85.0. The molecule has 6 fully saturated rings. The third-order valence-electron chi connectivity index (χ3n) is 23.1. The Morgan fingerprint density at radius 1 is 0.648 bits per heavy atom. The lowest BCUT2D eigenvalue weighted by Gasteiger charge is -2.46. The second-order valence-electron chi connectivity index (χ2n) is 30.5. The van der Waals surface area contributed by atoms with Crippen LogP contribution in [0.5, 0.6) is 0 Å². The van der Waals surface area contributed by atoms with Gasteiger partial charge in [0.2, 0.25) is 70.9 Å². The quantitative estimate of drug-likeness (QED) is 0.141. The van der Waals surface area contributed by atoms with Crippen LogP contribution in [-0.4, -0.2) is 277 Å². The van der Waals surface area contributed by atoms with Gasteiger partial charge in [-0.1, -0.05) is 52.2 Å². The van der Waals surface area contributed by atoms with Crippen molar-refractivity contribution in [3.8, 4) is 0 Å². The second kappa shape index (κ2) is 36.6. The summed E-state index contributed by atoms with van der Waals surface area (Å²) in [5.41, 5.74) is -1.69. The average Bonchev–Trinajstić information content (AvgIpc) is 1.72. The van der Waals surface area contributed by atoms with Crippen LogP contribution in [0.2, 0.25) is 0 Å². The molecule has 2 unspecified atom stereocenters. The second-order valence-corrected chi connectivity index (χ2v) is 30.5. The van der Waals surface area contributed by atoms with E-state index in [4.69, 9.17) is 4.74 Å². The molecule has 4 N–H and O–H groups in total. The van der Waals surface area contributed by atoms with Crippen LogP contribution in [0.4, 0.5) is 35.1 Å². The van der Waals surface area contributed by atoms with Crippen molar-refractivity contribution < 1.29 is 97.4 Å². The number of likely N-dealkylation sites (N-methyl/N-ethyl adjacent to an activating group) is 6. The molecule has 0 aromatic carbocycles. The van der Waals surface area contributed by atoms with Crippen LogP contribution in [-0.2, 0) is 62.3 Å². The molecule has 4 aliphatic carbocycles. The van der Waals surface area contributed by atoms with Crippen LogP contribution in [0.1, 0.15) is 169 Å². The highest BCUT2D eigenvalue weighted by molar-refractivity contribution is 6.01. The number of rotatable bonds is 12. The normalized spacial score (nSPS) is 32.4. The van der Waals surface area contributed by atoms with E-state index in [1.54, 1.807) is 39.8 Å². The van der Waals surface area contributed by atoms with Gasteiger partial charge in [-0.15, -0.1) is 0 Å². The number of hydrogen-bond acceptors (Lipinski definition) is 13. The Morgan fingerprint density at radius 3 is 1.84 bits per heavy atom. The van der Waals surface area contributed by atoms with Gasteiger partial charge < -0.3 is 65.2 Å². The van der Waals surface area contributed by atoms with E-state index < -0.39 is 230 Å². The Hall–Kier alpha value is -7.22. The number of alkyl halides is 8. The maximum absolute atomic E-state index is 15.5. The molecule has 12 amide bonds. The van der Waals surface area contributed by atoms with Crippen molar-refractivity contribution in [1.82, 2.24) is 60.5 Å². The fourth-order valence-corrected chi connectivity index (χ4v) is 16.5. The van der Waals surface area contributed by atoms with Crippen molar-refractivity contribution in [3.05, 3.63) is 12.2 Å². The van der Waals surface area contributed by atoms with E-state index in [9.17, 15) is 55.1 Å². The molecule has 3 heterocycles. The van der Waals surface area contributed by atoms with Gasteiger partial charge in [0.25, 0.3) is 0 Å². The molecule has 25 nitrogen and oxygen atoms in total. The van der Waals surface area contributed by atoms with E-state index in [1.807, 2.05) is 0 Å². The van der Waals surface area contributed by atoms with E-state index in [1.165, 1.54) is 59.1 Å². The highest BCUT2D eigenvalue weighted by Gasteiger charge is 2.56. The summed E-state index contributed by atoms with van der Waals surface area (Å²) in [6.07, 6.45) is -13.3. The molecule has 2 bridgehead atoms. The van der Waals surface area contributed by atoms with E-state index in [0.29, 0.717) is 38.5 Å². The maximum Gasteiger partial charge on any atom is 0.397 e. The third kappa shape index (κ3) is 20.7. The molecule has 2 saturated heterocycles. The van der Waals surface area contributed by atoms with Gasteiger partial charge in [0.1, 0.15) is 72.1 Å². The van der Waals surface area contributed by atoms with E-state index >= 15 is 37.5 Å². The molecule has 12 atom stereocenters. The first-order valence-electron chi connectivity index (χ1n) is 37.3. The maximum atomic E-state index is 15.5. The molecule has 592 valence electrons. The number of ether oxygens (including phenoxy) is 1. The van der Waals surface area contributed by atoms with E-state index in [0.717, 1.165) is 29.4 Å². The van der Waals surface area contributed by atoms with Crippen LogP contribution in [0.25, 0.3) is 0 Å². The summed E-state index contributed by atoms with van der Waals surface area (Å²) < 4.78 is 121. The zero-order valence-corrected chi connectivity index (χ0v) is 62.5. The molecular weight excluding hydrogens is 1390 g/mol. The molecule has 7 aliphatic rings. The monoisotopic (exact) mass is 1500 g/mol. The lowest BCUT2D eigenvalue weighted by molar-refractivity contribution is -0.219. The minimum absolute atomic E-state index is 0.00446. The van der Waals surface area contributed by atoms with E-state index in [2.05, 4.69) is 21.3 Å². The number of halogens is 8. The molecule has 1 spiro atoms. The summed E-state index contributed by atoms with van der Waals surface area (Å²) in [5.74, 6) is -17.0. The predicted molar refractivity (Wildman–Crippen MR) is 367 cm³/mol. The molecule has 33 heteroatoms. The van der Waals surface area contributed by atoms with E-state index in [-0.39, 0.29) is 96.7 Å². The molecule has 105 heavy (non-hydrogen) atoms. The van der Waals surface area contributed by atoms with Gasteiger partial charge in [-0.05, 0) is 140 Å². The fraction of sp³-hybridized carbons (Fsp3) is 0.806. The van der Waals surface area contributed by atoms with Crippen LogP contribution in [0.3, 0.4) is 0 Å². The highest BCUT2D eigenvalue weighted by atomic mass is 19.4. The summed E-state index contributed by atoms with van der Waals surface area (Å²) in [4.78, 5) is 188. The first-order chi connectivity index (χ1) is 49.3. The zero-order chi connectivity index (χ0) is 77.9. The molecule has 0 aromatic heterocycles. The SMILES string of the molecule is CCO[C@@H]1C[C@H]2C(=O)NC3(CCC3)C(=O)N(C)[C@@H](C3CCCC3)C(=O)N[C@H](C(=O)N(C)C)CC(=O)N(C)[C@@H](CC)C(=O)N[C@@H]([C@@H](C)CC)C(=O)N(C)CC(=O)N(C)[C@H]3C/C=C\CCN(C3=O)[C@@H](CC3CCC(C(F)(F)F)CC3)C(=O)N(C)CC(=O)N[C@@H](CCC3CC(F)C(C(F)(F)F)C(F)C3)C(=O)N2C1. The number of carbonyl (C=O) groups excluding carboxylic acids is 12. The van der Waals surface area contributed by atoms with Gasteiger partial charge in [0, 0.05) is 75.5 Å². The lowest BCUT2D eigenvalue weighted by atomic mass is 9.74. The van der Waals surface area contributed by atoms with Crippen molar-refractivity contribution in [2.24, 2.45) is 35.5 Å². The molecule has 3 aliphatic heterocycles. The van der Waals surface area contributed by atoms with Crippen LogP contribution >= 0.6 is 0 Å². The molecule has 4 saturated carbocycles. The molecule has 7 rings (SSSR count). The van der Waals surface area contributed by atoms with Gasteiger partial charge in [-0.2, -0.15) is 26.3 Å². The summed E-state index contributed by atoms with van der Waals surface area (Å²) in [6, 6.07) is -11.4. The zero-order valence-electron chi connectivity index (χ0n) is 62.5. The number of nitrogens with zero attached hydrogens (tertiary/aromatic N) is 8. The lowest BCUT2D eigenvalue weighted by Crippen LogP contribution is -2.68. The molecule has 0 aromatic rings. The topological polar surface area (TPSA) is 288 Å². The Kier molecular flexibility index (Phi) is 29.6. The Labute approximate surface area is 610 Å². The number of hydrogen-bond donors (Lipinski definition) is 4. The summed E-state index contributed by atoms with van der Waals surface area (Å²) >= 11 is 0. The van der Waals surface area contributed by atoms with Crippen LogP contribution in [0, 0.1) is 35.5 Å². The summed E-state index contributed by atoms with van der Waals surface area (Å²) in [5, 5.41) is 11.0. The Bertz CT molecular complexity index is 3130. The van der Waals surface area contributed by atoms with Crippen molar-refractivity contribution in [1.29, 1.82) is 0 Å². The standard InChI is InChI=1S/C72H110F8N12O13/c1-12-41(4)59-68(103)87(8)40-57(95)89(10)52-23-16-15-19-32-91(67(52)102)54(35-42-24-27-45(28-25-42)71(75,76)77)66(101)86(7)39-55(93)81-49(29-26-43-33-47(73)58(48(74)34-43)72(78,79)80)65(100)92-38-46(105-14-3)36-53(92)62(97)84-70(30-20-31-70)69(104)90(11)60(44-21-17-18-22-44)63(98)82-50(64(99)85(5)6)37-56(94)88(9)51(13-2)61(96)83-59/h15-16,41-54,58-60H,12-14,17-40H2,1-11H3,(H,81,93)(H,82,98)(H,83,96)(H,84,97)/b16-15-/t41-,42?,43?,45?,46+,47?,48?,49-,50-,51-,52-,53-,54-,58?,59-,60-/m0/s1. The fourth-order valence-electron chi connectivity index (χ4n) is 16.5. The molecular formula is C72H110F8N12O13. The van der Waals surface area contributed by atoms with Crippen LogP contribution in [0.15, 0.2) is 12.2 Å². The van der Waals surface area contributed by atoms with Gasteiger partial charge in [-0.3, -0.25) is 57.5 Å². The summed E-state index contributed by atoms with van der Waals surface area (Å²) in [7, 11) is 9.38. The van der Waals surface area contributed by atoms with Gasteiger partial charge in [0.15, 0.2) is 0 Å². The van der Waals surface area contributed by atoms with Gasteiger partial charge >= 0.3 is 12.4 Å². The molecule has 0 radical (unpaired) electrons. The van der Waals surface area contributed by atoms with Crippen molar-refractivity contribution in [2.45, 2.75) is 254 Å². The Balaban J connectivity index is 1.30. The minimum atomic E-state index is -5.22. The van der Waals surface area contributed by atoms with Crippen molar-refractivity contribution >= 4 is 70.9 Å². The number of fused-ring (bicyclic) bond motifs is 3. The smallest absolute Gasteiger partial charge is 0.377 e. The number of amides is 12. The van der Waals surface area contributed by atoms with Gasteiger partial charge in [-0.25, -0.2) is 8.78 Å². The average molecular weight is 1500 g/mol. The highest BCUT2D eigenvalue weighted by Crippen LogP contribution is 2.46. The predicted octanol–water partition coefficient (Wildman–Crippen LogP) is 5.37. The Morgan fingerprint density at radius 2 is 1.28 bits per heavy atom. The number of carbonyl (C=O) groups is 12. The first-order valence-corrected chi connectivity index (χ1v) is 37.3. The number of nitrogens with one attached hydrogen (secondary N) is 4. The minimum Gasteiger partial charge on any atom is -0.377 e. The largest absolute Gasteiger partial charge is 0.397 e.